The highest BCUT2D eigenvalue weighted by Gasteiger charge is 2.12. The van der Waals surface area contributed by atoms with E-state index in [2.05, 4.69) is 79.8 Å². The van der Waals surface area contributed by atoms with Gasteiger partial charge in [0.05, 0.1) is 0 Å². The summed E-state index contributed by atoms with van der Waals surface area (Å²) in [4.78, 5) is 0. The Morgan fingerprint density at radius 3 is 1.77 bits per heavy atom. The molecule has 0 saturated carbocycles. The first-order valence-electron chi connectivity index (χ1n) is 10.9. The van der Waals surface area contributed by atoms with Gasteiger partial charge >= 0.3 is 0 Å². The molecule has 0 saturated heterocycles. The van der Waals surface area contributed by atoms with Crippen molar-refractivity contribution in [2.75, 3.05) is 11.5 Å². The van der Waals surface area contributed by atoms with Gasteiger partial charge in [0.15, 0.2) is 0 Å². The number of hydrogen-bond acceptors (Lipinski definition) is 2. The van der Waals surface area contributed by atoms with E-state index in [4.69, 9.17) is 11.5 Å². The molecule has 0 radical (unpaired) electrons. The number of hydrogen-bond donors (Lipinski definition) is 2. The Balaban J connectivity index is 1.43. The Morgan fingerprint density at radius 1 is 0.677 bits per heavy atom. The van der Waals surface area contributed by atoms with Crippen molar-refractivity contribution in [1.29, 1.82) is 0 Å². The first-order valence-corrected chi connectivity index (χ1v) is 10.9. The second-order valence-corrected chi connectivity index (χ2v) is 8.39. The Labute approximate surface area is 185 Å². The Hall–Kier alpha value is -3.52. The van der Waals surface area contributed by atoms with E-state index < -0.39 is 0 Å². The first kappa shape index (κ1) is 20.7. The van der Waals surface area contributed by atoms with Crippen molar-refractivity contribution < 1.29 is 0 Å². The van der Waals surface area contributed by atoms with Crippen molar-refractivity contribution >= 4 is 11.4 Å². The van der Waals surface area contributed by atoms with Crippen LogP contribution in [0.3, 0.4) is 0 Å². The topological polar surface area (TPSA) is 52.0 Å². The molecule has 0 aromatic heterocycles. The van der Waals surface area contributed by atoms with Crippen molar-refractivity contribution in [3.05, 3.63) is 131 Å². The lowest BCUT2D eigenvalue weighted by molar-refractivity contribution is 0.862. The van der Waals surface area contributed by atoms with Gasteiger partial charge in [0.1, 0.15) is 0 Å². The molecule has 4 N–H and O–H groups in total. The quantitative estimate of drug-likeness (QED) is 0.453. The van der Waals surface area contributed by atoms with Gasteiger partial charge in [0, 0.05) is 17.3 Å². The third-order valence-corrected chi connectivity index (χ3v) is 6.01. The van der Waals surface area contributed by atoms with Crippen LogP contribution in [-0.4, -0.2) is 0 Å². The number of rotatable bonds is 6. The lowest BCUT2D eigenvalue weighted by atomic mass is 9.89. The minimum absolute atomic E-state index is 0.391. The van der Waals surface area contributed by atoms with Crippen LogP contribution in [0.4, 0.5) is 11.4 Å². The van der Waals surface area contributed by atoms with Crippen LogP contribution in [0.15, 0.2) is 108 Å². The summed E-state index contributed by atoms with van der Waals surface area (Å²) >= 11 is 0. The van der Waals surface area contributed by atoms with E-state index >= 15 is 0 Å². The van der Waals surface area contributed by atoms with E-state index in [0.717, 1.165) is 30.6 Å². The normalized spacial score (nSPS) is 14.5. The molecule has 0 spiro atoms. The third-order valence-electron chi connectivity index (χ3n) is 6.01. The SMILES string of the molecule is CC(C1=CC=C(Cc2ccc(N)cc2)C=CC1)c1ccc(Cc2ccc(N)cc2)cc1. The monoisotopic (exact) mass is 406 g/mol. The van der Waals surface area contributed by atoms with Crippen LogP contribution in [0.2, 0.25) is 0 Å². The highest BCUT2D eigenvalue weighted by molar-refractivity contribution is 5.44. The summed E-state index contributed by atoms with van der Waals surface area (Å²) in [7, 11) is 0. The molecule has 2 nitrogen and oxygen atoms in total. The summed E-state index contributed by atoms with van der Waals surface area (Å²) in [5.41, 5.74) is 21.2. The number of benzene rings is 3. The van der Waals surface area contributed by atoms with Gasteiger partial charge in [-0.05, 0) is 71.4 Å². The van der Waals surface area contributed by atoms with Crippen LogP contribution in [0.25, 0.3) is 0 Å². The molecule has 1 aliphatic carbocycles. The van der Waals surface area contributed by atoms with Gasteiger partial charge in [0.2, 0.25) is 0 Å². The molecular formula is C29H30N2. The van der Waals surface area contributed by atoms with Crippen LogP contribution >= 0.6 is 0 Å². The van der Waals surface area contributed by atoms with Crippen LogP contribution in [-0.2, 0) is 12.8 Å². The van der Waals surface area contributed by atoms with E-state index in [9.17, 15) is 0 Å². The zero-order valence-electron chi connectivity index (χ0n) is 18.1. The van der Waals surface area contributed by atoms with E-state index in [1.54, 1.807) is 0 Å². The Morgan fingerprint density at radius 2 is 1.19 bits per heavy atom. The molecule has 1 atom stereocenters. The molecule has 2 heteroatoms. The molecular weight excluding hydrogens is 376 g/mol. The predicted molar refractivity (Wildman–Crippen MR) is 133 cm³/mol. The smallest absolute Gasteiger partial charge is 0.0314 e. The van der Waals surface area contributed by atoms with Crippen LogP contribution in [0, 0.1) is 0 Å². The van der Waals surface area contributed by atoms with E-state index in [1.165, 1.54) is 33.4 Å². The summed E-state index contributed by atoms with van der Waals surface area (Å²) in [5, 5.41) is 0. The third kappa shape index (κ3) is 5.55. The fourth-order valence-electron chi connectivity index (χ4n) is 4.00. The summed E-state index contributed by atoms with van der Waals surface area (Å²) in [6.45, 7) is 2.30. The van der Waals surface area contributed by atoms with Crippen molar-refractivity contribution in [2.24, 2.45) is 0 Å². The number of nitrogens with two attached hydrogens (primary N) is 2. The standard InChI is InChI=1S/C29H30N2/c1-21(27-13-6-23(7-14-27)20-25-10-17-29(31)18-11-25)26-4-2-3-22(5-12-26)19-24-8-15-28(30)16-9-24/h2-3,5-18,21H,4,19-20,30-31H2,1H3. The molecule has 0 aliphatic heterocycles. The van der Waals surface area contributed by atoms with Gasteiger partial charge in [-0.3, -0.25) is 0 Å². The number of nitrogen functional groups attached to an aromatic ring is 2. The summed E-state index contributed by atoms with van der Waals surface area (Å²) in [6, 6.07) is 25.3. The number of anilines is 2. The van der Waals surface area contributed by atoms with E-state index in [1.807, 2.05) is 24.3 Å². The lowest BCUT2D eigenvalue weighted by Crippen LogP contribution is -1.98. The zero-order chi connectivity index (χ0) is 21.6. The van der Waals surface area contributed by atoms with Gasteiger partial charge in [-0.1, -0.05) is 85.3 Å². The Kier molecular flexibility index (Phi) is 6.37. The van der Waals surface area contributed by atoms with Crippen LogP contribution < -0.4 is 11.5 Å². The zero-order valence-corrected chi connectivity index (χ0v) is 18.1. The summed E-state index contributed by atoms with van der Waals surface area (Å²) in [5.74, 6) is 0.391. The lowest BCUT2D eigenvalue weighted by Gasteiger charge is -2.15. The van der Waals surface area contributed by atoms with Crippen LogP contribution in [0.5, 0.6) is 0 Å². The van der Waals surface area contributed by atoms with Gasteiger partial charge < -0.3 is 11.5 Å². The van der Waals surface area contributed by atoms with Crippen molar-refractivity contribution in [3.8, 4) is 0 Å². The molecule has 0 bridgehead atoms. The second-order valence-electron chi connectivity index (χ2n) is 8.39. The molecule has 1 unspecified atom stereocenters. The highest BCUT2D eigenvalue weighted by Crippen LogP contribution is 2.29. The summed E-state index contributed by atoms with van der Waals surface area (Å²) in [6.07, 6.45) is 11.9. The maximum atomic E-state index is 5.80. The predicted octanol–water partition coefficient (Wildman–Crippen LogP) is 6.60. The van der Waals surface area contributed by atoms with Crippen LogP contribution in [0.1, 0.15) is 41.5 Å². The van der Waals surface area contributed by atoms with Gasteiger partial charge in [-0.15, -0.1) is 0 Å². The van der Waals surface area contributed by atoms with Gasteiger partial charge in [0.25, 0.3) is 0 Å². The fourth-order valence-corrected chi connectivity index (χ4v) is 4.00. The number of allylic oxidation sites excluding steroid dienone is 6. The minimum Gasteiger partial charge on any atom is -0.399 e. The first-order chi connectivity index (χ1) is 15.1. The largest absolute Gasteiger partial charge is 0.399 e. The minimum atomic E-state index is 0.391. The maximum Gasteiger partial charge on any atom is 0.0314 e. The van der Waals surface area contributed by atoms with Gasteiger partial charge in [-0.2, -0.15) is 0 Å². The maximum absolute atomic E-state index is 5.80. The average molecular weight is 407 g/mol. The molecule has 1 aliphatic rings. The molecule has 156 valence electrons. The van der Waals surface area contributed by atoms with Crippen molar-refractivity contribution in [2.45, 2.75) is 32.1 Å². The summed E-state index contributed by atoms with van der Waals surface area (Å²) < 4.78 is 0. The highest BCUT2D eigenvalue weighted by atomic mass is 14.5. The van der Waals surface area contributed by atoms with E-state index in [-0.39, 0.29) is 0 Å². The van der Waals surface area contributed by atoms with Crippen molar-refractivity contribution in [3.63, 3.8) is 0 Å². The molecule has 0 fully saturated rings. The molecule has 3 aromatic carbocycles. The van der Waals surface area contributed by atoms with E-state index in [0.29, 0.717) is 5.92 Å². The molecule has 0 amide bonds. The van der Waals surface area contributed by atoms with Gasteiger partial charge in [-0.25, -0.2) is 0 Å². The molecule has 3 aromatic rings. The molecule has 31 heavy (non-hydrogen) atoms. The fraction of sp³-hybridized carbons (Fsp3) is 0.172. The molecule has 4 rings (SSSR count). The Bertz CT molecular complexity index is 1100. The van der Waals surface area contributed by atoms with Crippen molar-refractivity contribution in [1.82, 2.24) is 0 Å². The average Bonchev–Trinajstić information content (AvgIpc) is 3.03. The molecule has 0 heterocycles. The second kappa shape index (κ2) is 9.53.